The molecule has 4 heteroatoms. The summed E-state index contributed by atoms with van der Waals surface area (Å²) in [4.78, 5) is 0. The lowest BCUT2D eigenvalue weighted by atomic mass is 9.88. The predicted octanol–water partition coefficient (Wildman–Crippen LogP) is 3.30. The zero-order valence-electron chi connectivity index (χ0n) is 13.4. The molecule has 2 aromatic rings. The van der Waals surface area contributed by atoms with Gasteiger partial charge in [-0.05, 0) is 48.1 Å². The number of aliphatic hydroxyl groups is 1. The van der Waals surface area contributed by atoms with E-state index in [1.54, 1.807) is 7.11 Å². The average molecular weight is 334 g/mol. The molecule has 2 aromatic carbocycles. The summed E-state index contributed by atoms with van der Waals surface area (Å²) in [5.74, 6) is 0.920. The van der Waals surface area contributed by atoms with Crippen molar-refractivity contribution in [3.63, 3.8) is 0 Å². The summed E-state index contributed by atoms with van der Waals surface area (Å²) >= 11 is 0. The van der Waals surface area contributed by atoms with Gasteiger partial charge in [0, 0.05) is 12.6 Å². The lowest BCUT2D eigenvalue weighted by molar-refractivity contribution is 0.168. The van der Waals surface area contributed by atoms with Crippen LogP contribution in [0.25, 0.3) is 0 Å². The van der Waals surface area contributed by atoms with Crippen molar-refractivity contribution < 1.29 is 9.84 Å². The number of hydrogen-bond donors (Lipinski definition) is 2. The van der Waals surface area contributed by atoms with Crippen molar-refractivity contribution in [1.29, 1.82) is 0 Å². The van der Waals surface area contributed by atoms with Crippen molar-refractivity contribution >= 4 is 12.4 Å². The van der Waals surface area contributed by atoms with Gasteiger partial charge in [0.1, 0.15) is 5.75 Å². The van der Waals surface area contributed by atoms with Crippen molar-refractivity contribution in [3.05, 3.63) is 65.2 Å². The van der Waals surface area contributed by atoms with E-state index in [1.165, 1.54) is 11.1 Å². The molecular weight excluding hydrogens is 310 g/mol. The van der Waals surface area contributed by atoms with Gasteiger partial charge in [-0.15, -0.1) is 12.4 Å². The van der Waals surface area contributed by atoms with Crippen LogP contribution in [0.4, 0.5) is 0 Å². The molecule has 1 aliphatic carbocycles. The molecule has 1 aliphatic rings. The lowest BCUT2D eigenvalue weighted by Crippen LogP contribution is -2.37. The fourth-order valence-electron chi connectivity index (χ4n) is 3.11. The van der Waals surface area contributed by atoms with E-state index in [-0.39, 0.29) is 12.4 Å². The summed E-state index contributed by atoms with van der Waals surface area (Å²) in [6.07, 6.45) is 2.74. The highest BCUT2D eigenvalue weighted by Crippen LogP contribution is 2.25. The van der Waals surface area contributed by atoms with Crippen molar-refractivity contribution in [3.8, 4) is 5.75 Å². The maximum absolute atomic E-state index is 10.2. The highest BCUT2D eigenvalue weighted by atomic mass is 35.5. The monoisotopic (exact) mass is 333 g/mol. The molecule has 23 heavy (non-hydrogen) atoms. The van der Waals surface area contributed by atoms with Gasteiger partial charge in [0.05, 0.1) is 13.2 Å². The minimum Gasteiger partial charge on any atom is -0.497 e. The molecule has 0 heterocycles. The minimum atomic E-state index is -0.451. The van der Waals surface area contributed by atoms with Crippen LogP contribution < -0.4 is 10.1 Å². The number of fused-ring (bicyclic) bond motifs is 1. The first-order chi connectivity index (χ1) is 10.8. The Morgan fingerprint density at radius 2 is 1.96 bits per heavy atom. The fourth-order valence-corrected chi connectivity index (χ4v) is 3.11. The van der Waals surface area contributed by atoms with E-state index in [2.05, 4.69) is 17.4 Å². The second kappa shape index (κ2) is 8.34. The summed E-state index contributed by atoms with van der Waals surface area (Å²) in [6, 6.07) is 16.6. The third-order valence-corrected chi connectivity index (χ3v) is 4.43. The number of hydrogen-bond acceptors (Lipinski definition) is 3. The first-order valence-electron chi connectivity index (χ1n) is 7.88. The van der Waals surface area contributed by atoms with Gasteiger partial charge in [-0.2, -0.15) is 0 Å². The molecule has 2 atom stereocenters. The second-order valence-electron chi connectivity index (χ2n) is 5.91. The van der Waals surface area contributed by atoms with Gasteiger partial charge < -0.3 is 15.2 Å². The van der Waals surface area contributed by atoms with E-state index in [0.29, 0.717) is 12.6 Å². The number of halogens is 1. The van der Waals surface area contributed by atoms with E-state index in [9.17, 15) is 5.11 Å². The SMILES string of the molecule is COc1ccc2c(c1)CC(NC[C@H](O)c1ccccc1)CC2.Cl. The third-order valence-electron chi connectivity index (χ3n) is 4.43. The molecule has 0 aliphatic heterocycles. The van der Waals surface area contributed by atoms with Crippen LogP contribution >= 0.6 is 12.4 Å². The molecule has 0 saturated heterocycles. The Hall–Kier alpha value is -1.55. The quantitative estimate of drug-likeness (QED) is 0.882. The molecule has 0 amide bonds. The Bertz CT molecular complexity index is 618. The third kappa shape index (κ3) is 4.47. The highest BCUT2D eigenvalue weighted by molar-refractivity contribution is 5.85. The summed E-state index contributed by atoms with van der Waals surface area (Å²) in [5, 5.41) is 13.8. The van der Waals surface area contributed by atoms with Gasteiger partial charge in [0.15, 0.2) is 0 Å². The zero-order valence-corrected chi connectivity index (χ0v) is 14.2. The van der Waals surface area contributed by atoms with E-state index >= 15 is 0 Å². The molecular formula is C19H24ClNO2. The van der Waals surface area contributed by atoms with Crippen molar-refractivity contribution in [2.45, 2.75) is 31.4 Å². The number of methoxy groups -OCH3 is 1. The maximum atomic E-state index is 10.2. The summed E-state index contributed by atoms with van der Waals surface area (Å²) < 4.78 is 5.31. The van der Waals surface area contributed by atoms with Gasteiger partial charge in [-0.3, -0.25) is 0 Å². The van der Waals surface area contributed by atoms with Gasteiger partial charge in [0.2, 0.25) is 0 Å². The molecule has 0 fully saturated rings. The van der Waals surface area contributed by atoms with Crippen LogP contribution in [0.2, 0.25) is 0 Å². The fraction of sp³-hybridized carbons (Fsp3) is 0.368. The predicted molar refractivity (Wildman–Crippen MR) is 95.5 cm³/mol. The number of rotatable bonds is 5. The van der Waals surface area contributed by atoms with Gasteiger partial charge in [-0.1, -0.05) is 36.4 Å². The Morgan fingerprint density at radius 3 is 2.70 bits per heavy atom. The van der Waals surface area contributed by atoms with Crippen LogP contribution in [0.3, 0.4) is 0 Å². The van der Waals surface area contributed by atoms with E-state index in [0.717, 1.165) is 30.6 Å². The van der Waals surface area contributed by atoms with E-state index in [1.807, 2.05) is 36.4 Å². The maximum Gasteiger partial charge on any atom is 0.119 e. The average Bonchev–Trinajstić information content (AvgIpc) is 2.59. The number of ether oxygens (including phenoxy) is 1. The van der Waals surface area contributed by atoms with Gasteiger partial charge >= 0.3 is 0 Å². The number of benzene rings is 2. The number of aryl methyl sites for hydroxylation is 1. The Labute approximate surface area is 144 Å². The molecule has 0 saturated carbocycles. The number of aliphatic hydroxyl groups excluding tert-OH is 1. The summed E-state index contributed by atoms with van der Waals surface area (Å²) in [5.41, 5.74) is 3.74. The molecule has 0 spiro atoms. The van der Waals surface area contributed by atoms with Crippen LogP contribution in [0, 0.1) is 0 Å². The van der Waals surface area contributed by atoms with Gasteiger partial charge in [-0.25, -0.2) is 0 Å². The van der Waals surface area contributed by atoms with Crippen LogP contribution in [-0.2, 0) is 12.8 Å². The summed E-state index contributed by atoms with van der Waals surface area (Å²) in [7, 11) is 1.70. The van der Waals surface area contributed by atoms with E-state index in [4.69, 9.17) is 4.74 Å². The Kier molecular flexibility index (Phi) is 6.46. The van der Waals surface area contributed by atoms with Gasteiger partial charge in [0.25, 0.3) is 0 Å². The zero-order chi connectivity index (χ0) is 15.4. The highest BCUT2D eigenvalue weighted by Gasteiger charge is 2.19. The van der Waals surface area contributed by atoms with Crippen LogP contribution in [0.5, 0.6) is 5.75 Å². The molecule has 0 radical (unpaired) electrons. The topological polar surface area (TPSA) is 41.5 Å². The molecule has 0 bridgehead atoms. The Morgan fingerprint density at radius 1 is 1.17 bits per heavy atom. The lowest BCUT2D eigenvalue weighted by Gasteiger charge is -2.27. The molecule has 3 rings (SSSR count). The largest absolute Gasteiger partial charge is 0.497 e. The van der Waals surface area contributed by atoms with E-state index < -0.39 is 6.10 Å². The van der Waals surface area contributed by atoms with Crippen LogP contribution in [-0.4, -0.2) is 24.8 Å². The smallest absolute Gasteiger partial charge is 0.119 e. The van der Waals surface area contributed by atoms with Crippen molar-refractivity contribution in [2.24, 2.45) is 0 Å². The minimum absolute atomic E-state index is 0. The first-order valence-corrected chi connectivity index (χ1v) is 7.88. The summed E-state index contributed by atoms with van der Waals surface area (Å²) in [6.45, 7) is 0.591. The molecule has 2 N–H and O–H groups in total. The van der Waals surface area contributed by atoms with Crippen molar-refractivity contribution in [2.75, 3.05) is 13.7 Å². The van der Waals surface area contributed by atoms with Crippen LogP contribution in [0.15, 0.2) is 48.5 Å². The number of nitrogens with one attached hydrogen (secondary N) is 1. The first kappa shape index (κ1) is 17.8. The van der Waals surface area contributed by atoms with Crippen molar-refractivity contribution in [1.82, 2.24) is 5.32 Å². The standard InChI is InChI=1S/C19H23NO2.ClH/c1-22-18-10-8-14-7-9-17(11-16(14)12-18)20-13-19(21)15-5-3-2-4-6-15;/h2-6,8,10,12,17,19-21H,7,9,11,13H2,1H3;1H/t17?,19-;/m0./s1. The second-order valence-corrected chi connectivity index (χ2v) is 5.91. The van der Waals surface area contributed by atoms with Crippen LogP contribution in [0.1, 0.15) is 29.2 Å². The molecule has 124 valence electrons. The Balaban J connectivity index is 0.00000192. The molecule has 0 aromatic heterocycles. The molecule has 3 nitrogen and oxygen atoms in total. The normalized spacial score (nSPS) is 17.7. The molecule has 1 unspecified atom stereocenters.